The molecule has 2 aromatic carbocycles. The van der Waals surface area contributed by atoms with Crippen molar-refractivity contribution in [2.45, 2.75) is 6.42 Å². The minimum absolute atomic E-state index is 0.185. The standard InChI is InChI=1S/C16H16FN3O/c17-13-3-1-2-4-14(13)19-16(21)10-20-8-7-11-5-6-12(18)9-15(11)20/h1-6,9H,7-8,10,18H2,(H,19,21). The number of halogens is 1. The van der Waals surface area contributed by atoms with Crippen LogP contribution in [-0.2, 0) is 11.2 Å². The topological polar surface area (TPSA) is 58.4 Å². The van der Waals surface area contributed by atoms with Crippen LogP contribution in [0.25, 0.3) is 0 Å². The number of hydrogen-bond acceptors (Lipinski definition) is 3. The number of carbonyl (C=O) groups is 1. The first-order valence-corrected chi connectivity index (χ1v) is 6.81. The van der Waals surface area contributed by atoms with Crippen molar-refractivity contribution in [3.05, 3.63) is 53.8 Å². The molecule has 0 aliphatic carbocycles. The van der Waals surface area contributed by atoms with E-state index in [1.807, 2.05) is 23.1 Å². The molecule has 4 nitrogen and oxygen atoms in total. The minimum Gasteiger partial charge on any atom is -0.399 e. The molecule has 0 fully saturated rings. The second-order valence-electron chi connectivity index (χ2n) is 5.09. The van der Waals surface area contributed by atoms with Crippen LogP contribution in [0.2, 0.25) is 0 Å². The molecule has 0 aromatic heterocycles. The molecular formula is C16H16FN3O. The highest BCUT2D eigenvalue weighted by Gasteiger charge is 2.21. The van der Waals surface area contributed by atoms with Gasteiger partial charge in [0.25, 0.3) is 0 Å². The minimum atomic E-state index is -0.433. The van der Waals surface area contributed by atoms with Crippen LogP contribution < -0.4 is 16.0 Å². The van der Waals surface area contributed by atoms with E-state index in [1.165, 1.54) is 11.6 Å². The SMILES string of the molecule is Nc1ccc2c(c1)N(CC(=O)Nc1ccccc1F)CC2. The molecule has 1 aliphatic heterocycles. The van der Waals surface area contributed by atoms with Gasteiger partial charge in [-0.2, -0.15) is 0 Å². The fraction of sp³-hybridized carbons (Fsp3) is 0.188. The zero-order chi connectivity index (χ0) is 14.8. The molecule has 0 bridgehead atoms. The Hall–Kier alpha value is -2.56. The van der Waals surface area contributed by atoms with Crippen molar-refractivity contribution in [3.8, 4) is 0 Å². The van der Waals surface area contributed by atoms with Gasteiger partial charge in [0.1, 0.15) is 5.82 Å². The smallest absolute Gasteiger partial charge is 0.243 e. The molecule has 0 spiro atoms. The Morgan fingerprint density at radius 3 is 2.90 bits per heavy atom. The normalized spacial score (nSPS) is 13.1. The van der Waals surface area contributed by atoms with Crippen LogP contribution in [0.5, 0.6) is 0 Å². The van der Waals surface area contributed by atoms with Crippen LogP contribution in [0.15, 0.2) is 42.5 Å². The molecule has 21 heavy (non-hydrogen) atoms. The maximum absolute atomic E-state index is 13.5. The van der Waals surface area contributed by atoms with E-state index in [9.17, 15) is 9.18 Å². The number of anilines is 3. The molecule has 1 amide bonds. The first-order chi connectivity index (χ1) is 10.1. The monoisotopic (exact) mass is 285 g/mol. The Morgan fingerprint density at radius 1 is 1.29 bits per heavy atom. The van der Waals surface area contributed by atoms with Gasteiger partial charge in [-0.05, 0) is 36.2 Å². The molecule has 0 unspecified atom stereocenters. The summed E-state index contributed by atoms with van der Waals surface area (Å²) in [6.07, 6.45) is 0.891. The fourth-order valence-corrected chi connectivity index (χ4v) is 2.55. The highest BCUT2D eigenvalue weighted by atomic mass is 19.1. The van der Waals surface area contributed by atoms with Crippen molar-refractivity contribution in [3.63, 3.8) is 0 Å². The Labute approximate surface area is 122 Å². The van der Waals surface area contributed by atoms with Gasteiger partial charge in [0.2, 0.25) is 5.91 Å². The van der Waals surface area contributed by atoms with Crippen molar-refractivity contribution in [2.24, 2.45) is 0 Å². The molecule has 3 N–H and O–H groups in total. The molecule has 0 atom stereocenters. The van der Waals surface area contributed by atoms with Crippen molar-refractivity contribution in [1.29, 1.82) is 0 Å². The number of hydrogen-bond donors (Lipinski definition) is 2. The van der Waals surface area contributed by atoms with Crippen LogP contribution in [0.4, 0.5) is 21.5 Å². The fourth-order valence-electron chi connectivity index (χ4n) is 2.55. The predicted octanol–water partition coefficient (Wildman–Crippen LogP) is 2.41. The van der Waals surface area contributed by atoms with Crippen molar-refractivity contribution >= 4 is 23.0 Å². The van der Waals surface area contributed by atoms with Gasteiger partial charge in [0.15, 0.2) is 0 Å². The van der Waals surface area contributed by atoms with Crippen LogP contribution in [0, 0.1) is 5.82 Å². The highest BCUT2D eigenvalue weighted by Crippen LogP contribution is 2.29. The number of fused-ring (bicyclic) bond motifs is 1. The Bertz CT molecular complexity index is 687. The third-order valence-electron chi connectivity index (χ3n) is 3.58. The van der Waals surface area contributed by atoms with Gasteiger partial charge in [-0.15, -0.1) is 0 Å². The molecule has 2 aromatic rings. The molecule has 0 radical (unpaired) electrons. The van der Waals surface area contributed by atoms with E-state index in [1.54, 1.807) is 18.2 Å². The lowest BCUT2D eigenvalue weighted by atomic mass is 10.1. The summed E-state index contributed by atoms with van der Waals surface area (Å²) < 4.78 is 13.5. The first kappa shape index (κ1) is 13.4. The number of nitrogens with one attached hydrogen (secondary N) is 1. The summed E-state index contributed by atoms with van der Waals surface area (Å²) >= 11 is 0. The highest BCUT2D eigenvalue weighted by molar-refractivity contribution is 5.94. The number of carbonyl (C=O) groups excluding carboxylic acids is 1. The van der Waals surface area contributed by atoms with Crippen molar-refractivity contribution in [2.75, 3.05) is 29.0 Å². The van der Waals surface area contributed by atoms with Gasteiger partial charge in [0, 0.05) is 17.9 Å². The summed E-state index contributed by atoms with van der Waals surface area (Å²) in [6, 6.07) is 11.9. The van der Waals surface area contributed by atoms with Gasteiger partial charge in [-0.1, -0.05) is 18.2 Å². The van der Waals surface area contributed by atoms with Crippen LogP contribution >= 0.6 is 0 Å². The second-order valence-corrected chi connectivity index (χ2v) is 5.09. The summed E-state index contributed by atoms with van der Waals surface area (Å²) in [4.78, 5) is 14.0. The average Bonchev–Trinajstić information content (AvgIpc) is 2.84. The Balaban J connectivity index is 1.70. The average molecular weight is 285 g/mol. The van der Waals surface area contributed by atoms with Crippen molar-refractivity contribution in [1.82, 2.24) is 0 Å². The van der Waals surface area contributed by atoms with E-state index < -0.39 is 5.82 Å². The number of para-hydroxylation sites is 1. The molecular weight excluding hydrogens is 269 g/mol. The van der Waals surface area contributed by atoms with Gasteiger partial charge in [-0.3, -0.25) is 4.79 Å². The zero-order valence-electron chi connectivity index (χ0n) is 11.5. The maximum Gasteiger partial charge on any atom is 0.243 e. The molecule has 0 saturated heterocycles. The van der Waals surface area contributed by atoms with Gasteiger partial charge < -0.3 is 16.0 Å². The van der Waals surface area contributed by atoms with E-state index in [0.717, 1.165) is 18.7 Å². The predicted molar refractivity (Wildman–Crippen MR) is 81.8 cm³/mol. The summed E-state index contributed by atoms with van der Waals surface area (Å²) in [7, 11) is 0. The number of nitrogen functional groups attached to an aromatic ring is 1. The Kier molecular flexibility index (Phi) is 3.48. The number of nitrogens with zero attached hydrogens (tertiary/aromatic N) is 1. The third kappa shape index (κ3) is 2.81. The summed E-state index contributed by atoms with van der Waals surface area (Å²) in [5.41, 5.74) is 8.84. The van der Waals surface area contributed by atoms with E-state index >= 15 is 0 Å². The van der Waals surface area contributed by atoms with Gasteiger partial charge >= 0.3 is 0 Å². The van der Waals surface area contributed by atoms with Gasteiger partial charge in [0.05, 0.1) is 12.2 Å². The first-order valence-electron chi connectivity index (χ1n) is 6.81. The quantitative estimate of drug-likeness (QED) is 0.851. The van der Waals surface area contributed by atoms with E-state index in [-0.39, 0.29) is 18.1 Å². The molecule has 3 rings (SSSR count). The molecule has 1 heterocycles. The molecule has 5 heteroatoms. The second kappa shape index (κ2) is 5.44. The van der Waals surface area contributed by atoms with E-state index in [0.29, 0.717) is 5.69 Å². The number of nitrogens with two attached hydrogens (primary N) is 1. The van der Waals surface area contributed by atoms with Crippen LogP contribution in [0.1, 0.15) is 5.56 Å². The summed E-state index contributed by atoms with van der Waals surface area (Å²) in [6.45, 7) is 0.953. The third-order valence-corrected chi connectivity index (χ3v) is 3.58. The molecule has 108 valence electrons. The summed E-state index contributed by atoms with van der Waals surface area (Å²) in [5.74, 6) is -0.674. The van der Waals surface area contributed by atoms with Gasteiger partial charge in [-0.25, -0.2) is 4.39 Å². The van der Waals surface area contributed by atoms with Crippen LogP contribution in [-0.4, -0.2) is 19.0 Å². The Morgan fingerprint density at radius 2 is 2.10 bits per heavy atom. The molecule has 1 aliphatic rings. The van der Waals surface area contributed by atoms with E-state index in [4.69, 9.17) is 5.73 Å². The number of benzene rings is 2. The number of amides is 1. The lowest BCUT2D eigenvalue weighted by Crippen LogP contribution is -2.32. The lowest BCUT2D eigenvalue weighted by Gasteiger charge is -2.19. The largest absolute Gasteiger partial charge is 0.399 e. The number of rotatable bonds is 3. The molecule has 0 saturated carbocycles. The zero-order valence-corrected chi connectivity index (χ0v) is 11.5. The van der Waals surface area contributed by atoms with Crippen molar-refractivity contribution < 1.29 is 9.18 Å². The lowest BCUT2D eigenvalue weighted by molar-refractivity contribution is -0.115. The summed E-state index contributed by atoms with van der Waals surface area (Å²) in [5, 5.41) is 2.60. The maximum atomic E-state index is 13.5. The van der Waals surface area contributed by atoms with Crippen LogP contribution in [0.3, 0.4) is 0 Å². The van der Waals surface area contributed by atoms with E-state index in [2.05, 4.69) is 5.32 Å².